The molecule has 28 heavy (non-hydrogen) atoms. The first kappa shape index (κ1) is 17.6. The maximum Gasteiger partial charge on any atom is 0.192 e. The molecule has 142 valence electrons. The van der Waals surface area contributed by atoms with Crippen molar-refractivity contribution in [1.82, 2.24) is 19.6 Å². The van der Waals surface area contributed by atoms with Gasteiger partial charge in [0.2, 0.25) is 0 Å². The van der Waals surface area contributed by atoms with Crippen molar-refractivity contribution in [3.8, 4) is 0 Å². The summed E-state index contributed by atoms with van der Waals surface area (Å²) in [6.45, 7) is 0.208. The summed E-state index contributed by atoms with van der Waals surface area (Å²) in [6, 6.07) is 7.38. The molecule has 0 aliphatic heterocycles. The molecule has 0 saturated carbocycles. The van der Waals surface area contributed by atoms with Crippen LogP contribution < -0.4 is 0 Å². The molecule has 0 saturated heterocycles. The molecule has 3 heterocycles. The van der Waals surface area contributed by atoms with Crippen LogP contribution >= 0.6 is 22.9 Å². The topological polar surface area (TPSA) is 64.7 Å². The van der Waals surface area contributed by atoms with Crippen molar-refractivity contribution >= 4 is 45.0 Å². The Bertz CT molecular complexity index is 1160. The summed E-state index contributed by atoms with van der Waals surface area (Å²) in [5.41, 5.74) is 3.19. The molecule has 1 aliphatic rings. The molecular weight excluding hydrogens is 394 g/mol. The van der Waals surface area contributed by atoms with Crippen LogP contribution in [-0.4, -0.2) is 25.8 Å². The van der Waals surface area contributed by atoms with Crippen LogP contribution in [0.15, 0.2) is 35.7 Å². The lowest BCUT2D eigenvalue weighted by Gasteiger charge is -1.98. The molecular formula is C20H18ClN5OS. The van der Waals surface area contributed by atoms with Gasteiger partial charge in [-0.3, -0.25) is 0 Å². The van der Waals surface area contributed by atoms with E-state index < -0.39 is 0 Å². The van der Waals surface area contributed by atoms with Crippen molar-refractivity contribution in [1.29, 1.82) is 0 Å². The van der Waals surface area contributed by atoms with Crippen LogP contribution in [0.2, 0.25) is 5.02 Å². The van der Waals surface area contributed by atoms with Crippen LogP contribution in [0.4, 0.5) is 0 Å². The number of oxime groups is 1. The molecule has 5 rings (SSSR count). The average molecular weight is 412 g/mol. The highest BCUT2D eigenvalue weighted by molar-refractivity contribution is 7.19. The van der Waals surface area contributed by atoms with Gasteiger partial charge in [-0.05, 0) is 48.9 Å². The molecule has 6 nitrogen and oxygen atoms in total. The zero-order valence-corrected chi connectivity index (χ0v) is 16.7. The largest absolute Gasteiger partial charge is 0.387 e. The molecule has 0 bridgehead atoms. The second-order valence-electron chi connectivity index (χ2n) is 6.84. The molecule has 0 amide bonds. The first-order chi connectivity index (χ1) is 13.8. The molecule has 1 aliphatic carbocycles. The van der Waals surface area contributed by atoms with E-state index in [4.69, 9.17) is 21.4 Å². The molecule has 0 unspecified atom stereocenters. The number of thiophene rings is 1. The third-order valence-corrected chi connectivity index (χ3v) is 6.38. The van der Waals surface area contributed by atoms with Gasteiger partial charge in [-0.15, -0.1) is 16.4 Å². The lowest BCUT2D eigenvalue weighted by Crippen LogP contribution is -1.93. The highest BCUT2D eigenvalue weighted by Gasteiger charge is 2.19. The molecule has 0 atom stereocenters. The Morgan fingerprint density at radius 2 is 2.04 bits per heavy atom. The minimum absolute atomic E-state index is 0.208. The normalized spacial score (nSPS) is 14.6. The predicted molar refractivity (Wildman–Crippen MR) is 111 cm³/mol. The molecule has 3 aromatic heterocycles. The number of nitrogens with zero attached hydrogens (tertiary/aromatic N) is 5. The maximum atomic E-state index is 5.88. The summed E-state index contributed by atoms with van der Waals surface area (Å²) in [4.78, 5) is 17.2. The zero-order valence-electron chi connectivity index (χ0n) is 15.1. The first-order valence-electron chi connectivity index (χ1n) is 9.33. The highest BCUT2D eigenvalue weighted by Crippen LogP contribution is 2.36. The number of benzene rings is 1. The van der Waals surface area contributed by atoms with E-state index >= 15 is 0 Å². The quantitative estimate of drug-likeness (QED) is 0.274. The van der Waals surface area contributed by atoms with Gasteiger partial charge >= 0.3 is 0 Å². The summed E-state index contributed by atoms with van der Waals surface area (Å²) in [7, 11) is 0. The van der Waals surface area contributed by atoms with Gasteiger partial charge in [0.05, 0.1) is 11.6 Å². The predicted octanol–water partition coefficient (Wildman–Crippen LogP) is 4.81. The van der Waals surface area contributed by atoms with Crippen molar-refractivity contribution in [2.24, 2.45) is 5.16 Å². The van der Waals surface area contributed by atoms with Crippen LogP contribution in [0.25, 0.3) is 15.9 Å². The molecule has 0 N–H and O–H groups in total. The van der Waals surface area contributed by atoms with Gasteiger partial charge in [0.25, 0.3) is 0 Å². The van der Waals surface area contributed by atoms with Crippen LogP contribution in [-0.2, 0) is 24.3 Å². The van der Waals surface area contributed by atoms with Crippen molar-refractivity contribution in [2.45, 2.75) is 38.7 Å². The highest BCUT2D eigenvalue weighted by atomic mass is 35.5. The van der Waals surface area contributed by atoms with Gasteiger partial charge in [0, 0.05) is 9.90 Å². The number of fused-ring (bicyclic) bond motifs is 5. The number of aromatic nitrogens is 4. The van der Waals surface area contributed by atoms with Crippen molar-refractivity contribution in [3.63, 3.8) is 0 Å². The van der Waals surface area contributed by atoms with Crippen molar-refractivity contribution < 1.29 is 4.84 Å². The van der Waals surface area contributed by atoms with Crippen LogP contribution in [0.1, 0.15) is 41.1 Å². The Morgan fingerprint density at radius 1 is 1.18 bits per heavy atom. The Kier molecular flexibility index (Phi) is 4.70. The van der Waals surface area contributed by atoms with E-state index in [0.717, 1.165) is 34.3 Å². The SMILES string of the molecule is Clc1ccc(C=NOCc2nc3c4c5c(sc4ncn3n2)CCCCC5)cc1. The van der Waals surface area contributed by atoms with E-state index in [1.165, 1.54) is 29.7 Å². The molecule has 4 aromatic rings. The van der Waals surface area contributed by atoms with Gasteiger partial charge in [-0.25, -0.2) is 14.5 Å². The molecule has 0 spiro atoms. The van der Waals surface area contributed by atoms with E-state index in [1.54, 1.807) is 28.4 Å². The lowest BCUT2D eigenvalue weighted by atomic mass is 10.1. The second kappa shape index (κ2) is 7.48. The standard InChI is InChI=1S/C20H18ClN5OS/c21-14-8-6-13(7-9-14)10-23-27-11-17-24-19-18-15-4-2-1-3-5-16(15)28-20(18)22-12-26(19)25-17/h6-10,12H,1-5,11H2. The van der Waals surface area contributed by atoms with Gasteiger partial charge in [0.15, 0.2) is 18.1 Å². The van der Waals surface area contributed by atoms with Crippen LogP contribution in [0.3, 0.4) is 0 Å². The van der Waals surface area contributed by atoms with Crippen LogP contribution in [0.5, 0.6) is 0 Å². The maximum absolute atomic E-state index is 5.88. The number of aryl methyl sites for hydroxylation is 2. The summed E-state index contributed by atoms with van der Waals surface area (Å²) in [5.74, 6) is 0.594. The fraction of sp³-hybridized carbons (Fsp3) is 0.300. The summed E-state index contributed by atoms with van der Waals surface area (Å²) in [6.07, 6.45) is 9.40. The van der Waals surface area contributed by atoms with Gasteiger partial charge in [-0.1, -0.05) is 35.3 Å². The monoisotopic (exact) mass is 411 g/mol. The number of halogens is 1. The number of rotatable bonds is 4. The Balaban J connectivity index is 1.39. The minimum Gasteiger partial charge on any atom is -0.387 e. The van der Waals surface area contributed by atoms with E-state index in [9.17, 15) is 0 Å². The Hall–Kier alpha value is -2.51. The zero-order chi connectivity index (χ0) is 18.9. The fourth-order valence-electron chi connectivity index (χ4n) is 3.58. The van der Waals surface area contributed by atoms with Crippen molar-refractivity contribution in [3.05, 3.63) is 57.4 Å². The minimum atomic E-state index is 0.208. The second-order valence-corrected chi connectivity index (χ2v) is 8.36. The van der Waals surface area contributed by atoms with Crippen molar-refractivity contribution in [2.75, 3.05) is 0 Å². The summed E-state index contributed by atoms with van der Waals surface area (Å²) < 4.78 is 1.75. The van der Waals surface area contributed by atoms with E-state index in [0.29, 0.717) is 10.8 Å². The van der Waals surface area contributed by atoms with Gasteiger partial charge in [0.1, 0.15) is 11.2 Å². The lowest BCUT2D eigenvalue weighted by molar-refractivity contribution is 0.126. The third-order valence-electron chi connectivity index (χ3n) is 4.93. The summed E-state index contributed by atoms with van der Waals surface area (Å²) in [5, 5.41) is 10.4. The summed E-state index contributed by atoms with van der Waals surface area (Å²) >= 11 is 7.68. The molecule has 0 fully saturated rings. The third kappa shape index (κ3) is 3.36. The number of hydrogen-bond donors (Lipinski definition) is 0. The number of hydrogen-bond acceptors (Lipinski definition) is 6. The van der Waals surface area contributed by atoms with Gasteiger partial charge < -0.3 is 4.84 Å². The Labute approximate surface area is 170 Å². The molecule has 1 aromatic carbocycles. The first-order valence-corrected chi connectivity index (χ1v) is 10.5. The molecule has 0 radical (unpaired) electrons. The fourth-order valence-corrected chi connectivity index (χ4v) is 4.93. The smallest absolute Gasteiger partial charge is 0.192 e. The van der Waals surface area contributed by atoms with Gasteiger partial charge in [-0.2, -0.15) is 0 Å². The Morgan fingerprint density at radius 3 is 2.93 bits per heavy atom. The van der Waals surface area contributed by atoms with E-state index in [1.807, 2.05) is 24.3 Å². The van der Waals surface area contributed by atoms with E-state index in [-0.39, 0.29) is 6.61 Å². The average Bonchev–Trinajstić information content (AvgIpc) is 3.19. The van der Waals surface area contributed by atoms with Crippen LogP contribution in [0, 0.1) is 0 Å². The van der Waals surface area contributed by atoms with E-state index in [2.05, 4.69) is 15.2 Å². The molecule has 8 heteroatoms.